The molecule has 1 amide bonds. The first-order valence-corrected chi connectivity index (χ1v) is 8.30. The van der Waals surface area contributed by atoms with Crippen molar-refractivity contribution in [3.63, 3.8) is 0 Å². The highest BCUT2D eigenvalue weighted by molar-refractivity contribution is 5.75. The largest absolute Gasteiger partial charge is 0.393 e. The lowest BCUT2D eigenvalue weighted by molar-refractivity contribution is -0.858. The molecule has 0 heterocycles. The average molecular weight is 287 g/mol. The predicted molar refractivity (Wildman–Crippen MR) is 83.9 cm³/mol. The second-order valence-corrected chi connectivity index (χ2v) is 6.06. The van der Waals surface area contributed by atoms with Crippen LogP contribution >= 0.6 is 0 Å². The molecule has 0 spiro atoms. The molecule has 0 saturated carbocycles. The van der Waals surface area contributed by atoms with Crippen LogP contribution in [0.5, 0.6) is 0 Å². The molecule has 1 unspecified atom stereocenters. The summed E-state index contributed by atoms with van der Waals surface area (Å²) in [5.41, 5.74) is 0. The Morgan fingerprint density at radius 1 is 1.10 bits per heavy atom. The maximum absolute atomic E-state index is 11.6. The first-order chi connectivity index (χ1) is 9.56. The van der Waals surface area contributed by atoms with Gasteiger partial charge in [0.05, 0.1) is 26.7 Å². The van der Waals surface area contributed by atoms with Gasteiger partial charge in [-0.1, -0.05) is 39.0 Å². The standard InChI is InChI=1S/C16H34N2O2/c1-4-5-6-7-8-10-15(19)11-12-16(20)17-13-9-14-18(2)3/h15,19H,4-14H2,1-3H3,(H,17,20)/p+1. The lowest BCUT2D eigenvalue weighted by atomic mass is 10.0. The number of carbonyl (C=O) groups is 1. The van der Waals surface area contributed by atoms with Crippen LogP contribution in [0.3, 0.4) is 0 Å². The minimum Gasteiger partial charge on any atom is -0.393 e. The van der Waals surface area contributed by atoms with Crippen LogP contribution in [0, 0.1) is 0 Å². The zero-order valence-electron chi connectivity index (χ0n) is 13.7. The van der Waals surface area contributed by atoms with Gasteiger partial charge < -0.3 is 15.3 Å². The zero-order valence-corrected chi connectivity index (χ0v) is 13.7. The van der Waals surface area contributed by atoms with Crippen molar-refractivity contribution in [3.05, 3.63) is 0 Å². The molecule has 0 rings (SSSR count). The first kappa shape index (κ1) is 19.4. The first-order valence-electron chi connectivity index (χ1n) is 8.30. The third kappa shape index (κ3) is 13.8. The number of unbranched alkanes of at least 4 members (excludes halogenated alkanes) is 4. The molecule has 0 bridgehead atoms. The number of aliphatic hydroxyl groups excluding tert-OH is 1. The monoisotopic (exact) mass is 287 g/mol. The van der Waals surface area contributed by atoms with Gasteiger partial charge in [-0.25, -0.2) is 0 Å². The fourth-order valence-corrected chi connectivity index (χ4v) is 2.18. The minimum absolute atomic E-state index is 0.0730. The van der Waals surface area contributed by atoms with Gasteiger partial charge in [0, 0.05) is 19.4 Å². The summed E-state index contributed by atoms with van der Waals surface area (Å²) in [6.45, 7) is 4.02. The Morgan fingerprint density at radius 2 is 1.80 bits per heavy atom. The smallest absolute Gasteiger partial charge is 0.220 e. The minimum atomic E-state index is -0.311. The van der Waals surface area contributed by atoms with E-state index in [0.29, 0.717) is 12.8 Å². The molecule has 3 N–H and O–H groups in total. The number of hydrogen-bond acceptors (Lipinski definition) is 2. The number of aliphatic hydroxyl groups is 1. The third-order valence-electron chi connectivity index (χ3n) is 3.52. The molecule has 0 aliphatic rings. The zero-order chi connectivity index (χ0) is 15.2. The molecule has 0 aromatic carbocycles. The van der Waals surface area contributed by atoms with Crippen LogP contribution in [0.1, 0.15) is 64.7 Å². The summed E-state index contributed by atoms with van der Waals surface area (Å²) in [6, 6.07) is 0. The van der Waals surface area contributed by atoms with E-state index < -0.39 is 0 Å². The summed E-state index contributed by atoms with van der Waals surface area (Å²) < 4.78 is 0. The van der Waals surface area contributed by atoms with E-state index in [9.17, 15) is 9.90 Å². The lowest BCUT2D eigenvalue weighted by Gasteiger charge is -2.11. The van der Waals surface area contributed by atoms with Gasteiger partial charge in [-0.2, -0.15) is 0 Å². The molecule has 4 heteroatoms. The van der Waals surface area contributed by atoms with E-state index in [-0.39, 0.29) is 12.0 Å². The molecule has 120 valence electrons. The van der Waals surface area contributed by atoms with Crippen molar-refractivity contribution < 1.29 is 14.8 Å². The van der Waals surface area contributed by atoms with E-state index in [0.717, 1.165) is 32.4 Å². The Bertz CT molecular complexity index is 233. The number of nitrogens with one attached hydrogen (secondary N) is 2. The van der Waals surface area contributed by atoms with Gasteiger partial charge in [0.15, 0.2) is 0 Å². The van der Waals surface area contributed by atoms with Crippen molar-refractivity contribution >= 4 is 5.91 Å². The summed E-state index contributed by atoms with van der Waals surface area (Å²) in [5, 5.41) is 12.7. The van der Waals surface area contributed by atoms with E-state index >= 15 is 0 Å². The van der Waals surface area contributed by atoms with Crippen LogP contribution in [0.15, 0.2) is 0 Å². The predicted octanol–water partition coefficient (Wildman–Crippen LogP) is 1.14. The summed E-state index contributed by atoms with van der Waals surface area (Å²) in [4.78, 5) is 13.0. The van der Waals surface area contributed by atoms with Crippen molar-refractivity contribution in [3.8, 4) is 0 Å². The van der Waals surface area contributed by atoms with Gasteiger partial charge in [-0.15, -0.1) is 0 Å². The lowest BCUT2D eigenvalue weighted by Crippen LogP contribution is -3.05. The normalized spacial score (nSPS) is 12.7. The SMILES string of the molecule is CCCCCCCC(O)CCC(=O)NCCC[NH+](C)C. The Labute approximate surface area is 124 Å². The van der Waals surface area contributed by atoms with Crippen molar-refractivity contribution in [2.45, 2.75) is 70.8 Å². The molecule has 20 heavy (non-hydrogen) atoms. The highest BCUT2D eigenvalue weighted by Gasteiger charge is 2.08. The Balaban J connectivity index is 3.39. The van der Waals surface area contributed by atoms with Crippen LogP contribution in [-0.2, 0) is 4.79 Å². The molecule has 4 nitrogen and oxygen atoms in total. The second kappa shape index (κ2) is 13.4. The topological polar surface area (TPSA) is 53.8 Å². The quantitative estimate of drug-likeness (QED) is 0.445. The molecular formula is C16H35N2O2+. The highest BCUT2D eigenvalue weighted by atomic mass is 16.3. The average Bonchev–Trinajstić information content (AvgIpc) is 2.41. The number of carbonyl (C=O) groups excluding carboxylic acids is 1. The van der Waals surface area contributed by atoms with E-state index in [2.05, 4.69) is 26.3 Å². The van der Waals surface area contributed by atoms with Gasteiger partial charge >= 0.3 is 0 Å². The van der Waals surface area contributed by atoms with E-state index in [1.165, 1.54) is 30.6 Å². The van der Waals surface area contributed by atoms with E-state index in [4.69, 9.17) is 0 Å². The van der Waals surface area contributed by atoms with E-state index in [1.54, 1.807) is 0 Å². The number of rotatable bonds is 13. The van der Waals surface area contributed by atoms with Crippen molar-refractivity contribution in [1.29, 1.82) is 0 Å². The highest BCUT2D eigenvalue weighted by Crippen LogP contribution is 2.10. The second-order valence-electron chi connectivity index (χ2n) is 6.06. The summed E-state index contributed by atoms with van der Waals surface area (Å²) in [6.07, 6.45) is 8.65. The van der Waals surface area contributed by atoms with Gasteiger partial charge in [0.1, 0.15) is 0 Å². The Morgan fingerprint density at radius 3 is 2.45 bits per heavy atom. The molecule has 0 aliphatic carbocycles. The molecule has 0 aromatic rings. The van der Waals surface area contributed by atoms with Crippen LogP contribution < -0.4 is 10.2 Å². The van der Waals surface area contributed by atoms with Crippen LogP contribution in [-0.4, -0.2) is 44.3 Å². The van der Waals surface area contributed by atoms with Gasteiger partial charge in [-0.3, -0.25) is 4.79 Å². The van der Waals surface area contributed by atoms with Gasteiger partial charge in [0.25, 0.3) is 0 Å². The molecule has 0 radical (unpaired) electrons. The van der Waals surface area contributed by atoms with Crippen LogP contribution in [0.4, 0.5) is 0 Å². The molecule has 0 fully saturated rings. The maximum Gasteiger partial charge on any atom is 0.220 e. The van der Waals surface area contributed by atoms with Gasteiger partial charge in [0.2, 0.25) is 5.91 Å². The summed E-state index contributed by atoms with van der Waals surface area (Å²) >= 11 is 0. The summed E-state index contributed by atoms with van der Waals surface area (Å²) in [5.74, 6) is 0.0730. The Kier molecular flexibility index (Phi) is 13.0. The Hall–Kier alpha value is -0.610. The van der Waals surface area contributed by atoms with E-state index in [1.807, 2.05) is 0 Å². The van der Waals surface area contributed by atoms with Crippen LogP contribution in [0.2, 0.25) is 0 Å². The number of hydrogen-bond donors (Lipinski definition) is 3. The molecule has 0 aromatic heterocycles. The summed E-state index contributed by atoms with van der Waals surface area (Å²) in [7, 11) is 4.22. The third-order valence-corrected chi connectivity index (χ3v) is 3.52. The molecule has 0 saturated heterocycles. The number of quaternary nitrogens is 1. The molecule has 0 aliphatic heterocycles. The number of amides is 1. The van der Waals surface area contributed by atoms with Crippen molar-refractivity contribution in [1.82, 2.24) is 5.32 Å². The van der Waals surface area contributed by atoms with Crippen LogP contribution in [0.25, 0.3) is 0 Å². The van der Waals surface area contributed by atoms with Crippen molar-refractivity contribution in [2.24, 2.45) is 0 Å². The maximum atomic E-state index is 11.6. The molecule has 1 atom stereocenters. The van der Waals surface area contributed by atoms with Crippen molar-refractivity contribution in [2.75, 3.05) is 27.2 Å². The fourth-order valence-electron chi connectivity index (χ4n) is 2.18. The molecular weight excluding hydrogens is 252 g/mol. The van der Waals surface area contributed by atoms with Gasteiger partial charge in [-0.05, 0) is 12.8 Å². The fraction of sp³-hybridized carbons (Fsp3) is 0.938.